The summed E-state index contributed by atoms with van der Waals surface area (Å²) in [5.41, 5.74) is 2.77. The number of piperidine rings is 2. The second-order valence-electron chi connectivity index (χ2n) is 13.0. The van der Waals surface area contributed by atoms with Crippen LogP contribution in [0.25, 0.3) is 0 Å². The molecular weight excluding hydrogens is 652 g/mol. The van der Waals surface area contributed by atoms with E-state index < -0.39 is 12.2 Å². The van der Waals surface area contributed by atoms with Crippen molar-refractivity contribution in [3.05, 3.63) is 58.1 Å². The van der Waals surface area contributed by atoms with Crippen molar-refractivity contribution in [3.63, 3.8) is 0 Å². The lowest BCUT2D eigenvalue weighted by molar-refractivity contribution is -0.142. The summed E-state index contributed by atoms with van der Waals surface area (Å²) in [6.07, 6.45) is 2.61. The van der Waals surface area contributed by atoms with E-state index in [0.29, 0.717) is 56.1 Å². The Labute approximate surface area is 279 Å². The van der Waals surface area contributed by atoms with E-state index in [1.54, 1.807) is 23.1 Å². The Kier molecular flexibility index (Phi) is 10.3. The summed E-state index contributed by atoms with van der Waals surface area (Å²) in [6, 6.07) is 13.4. The zero-order chi connectivity index (χ0) is 32.2. The summed E-state index contributed by atoms with van der Waals surface area (Å²) in [7, 11) is 2.16. The number of amides is 4. The monoisotopic (exact) mass is 696 g/mol. The average Bonchev–Trinajstić information content (AvgIpc) is 3.24. The number of aromatic hydroxyl groups is 1. The lowest BCUT2D eigenvalue weighted by Gasteiger charge is -2.42. The predicted octanol–water partition coefficient (Wildman–Crippen LogP) is 4.00. The van der Waals surface area contributed by atoms with E-state index in [1.807, 2.05) is 34.1 Å². The number of halogens is 1. The van der Waals surface area contributed by atoms with Gasteiger partial charge < -0.3 is 34.8 Å². The Bertz CT molecular complexity index is 1400. The number of phenols is 1. The molecule has 2 aromatic rings. The molecular formula is C34H45BrN6O5. The number of hydrogen-bond acceptors (Lipinski definition) is 7. The van der Waals surface area contributed by atoms with Crippen LogP contribution in [0.3, 0.4) is 0 Å². The van der Waals surface area contributed by atoms with Crippen LogP contribution in [-0.4, -0.2) is 132 Å². The van der Waals surface area contributed by atoms with Crippen molar-refractivity contribution in [1.29, 1.82) is 0 Å². The number of rotatable bonds is 6. The third-order valence-corrected chi connectivity index (χ3v) is 10.7. The molecule has 46 heavy (non-hydrogen) atoms. The van der Waals surface area contributed by atoms with Crippen molar-refractivity contribution in [2.75, 3.05) is 71.3 Å². The van der Waals surface area contributed by atoms with Gasteiger partial charge in [-0.2, -0.15) is 0 Å². The van der Waals surface area contributed by atoms with Crippen molar-refractivity contribution < 1.29 is 24.2 Å². The molecule has 0 bridgehead atoms. The van der Waals surface area contributed by atoms with Gasteiger partial charge in [0.1, 0.15) is 5.75 Å². The Balaban J connectivity index is 1.07. The Morgan fingerprint density at radius 2 is 1.59 bits per heavy atom. The van der Waals surface area contributed by atoms with Gasteiger partial charge in [0.25, 0.3) is 5.91 Å². The molecule has 0 spiro atoms. The number of fused-ring (bicyclic) bond motifs is 1. The van der Waals surface area contributed by atoms with Crippen LogP contribution in [0.15, 0.2) is 46.9 Å². The largest absolute Gasteiger partial charge is 0.507 e. The van der Waals surface area contributed by atoms with Gasteiger partial charge in [0, 0.05) is 83.1 Å². The molecule has 0 saturated carbocycles. The molecule has 0 unspecified atom stereocenters. The third kappa shape index (κ3) is 7.61. The van der Waals surface area contributed by atoms with Crippen LogP contribution in [0.1, 0.15) is 36.8 Å². The molecule has 3 saturated heterocycles. The molecule has 1 atom stereocenters. The molecule has 0 radical (unpaired) electrons. The number of carbonyl (C=O) groups excluding carboxylic acids is 3. The average molecular weight is 698 g/mol. The fourth-order valence-electron chi connectivity index (χ4n) is 7.21. The van der Waals surface area contributed by atoms with Crippen LogP contribution >= 0.6 is 15.9 Å². The third-order valence-electron chi connectivity index (χ3n) is 10.1. The van der Waals surface area contributed by atoms with Gasteiger partial charge >= 0.3 is 12.1 Å². The fraction of sp³-hybridized carbons (Fsp3) is 0.559. The minimum Gasteiger partial charge on any atom is -0.507 e. The molecule has 4 amide bonds. The maximum absolute atomic E-state index is 13.9. The second kappa shape index (κ2) is 14.6. The Morgan fingerprint density at radius 1 is 0.913 bits per heavy atom. The molecule has 12 heteroatoms. The number of ether oxygens (including phenoxy) is 1. The SMILES string of the molecule is CN1CCN(C2CCN(C(=O)[C@@H](Cc3ccc(O)c(Br)c3)OC(=O)N3CCC(N4CCc5ccccc5NC4=O)CC3)CC2)CC1. The number of nitrogens with one attached hydrogen (secondary N) is 1. The smallest absolute Gasteiger partial charge is 0.410 e. The van der Waals surface area contributed by atoms with Crippen LogP contribution in [-0.2, 0) is 22.4 Å². The first-order valence-corrected chi connectivity index (χ1v) is 17.3. The van der Waals surface area contributed by atoms with Gasteiger partial charge in [0.2, 0.25) is 0 Å². The van der Waals surface area contributed by atoms with Crippen LogP contribution in [0.2, 0.25) is 0 Å². The molecule has 3 fully saturated rings. The maximum Gasteiger partial charge on any atom is 0.410 e. The van der Waals surface area contributed by atoms with E-state index in [-0.39, 0.29) is 30.2 Å². The standard InChI is InChI=1S/C34H45BrN6O5/c1-37-18-20-38(21-19-37)26-9-13-39(14-10-26)32(43)31(23-24-6-7-30(42)28(35)22-24)46-34(45)40-15-11-27(12-16-40)41-17-8-25-4-2-3-5-29(25)36-33(41)44/h2-7,22,26-27,31,42H,8-21,23H2,1H3,(H,36,44)/t31-/m1/s1. The number of phenolic OH excluding ortho intramolecular Hbond substituents is 1. The van der Waals surface area contributed by atoms with Gasteiger partial charge in [-0.15, -0.1) is 0 Å². The molecule has 6 rings (SSSR count). The minimum absolute atomic E-state index is 0.0201. The van der Waals surface area contributed by atoms with Crippen molar-refractivity contribution in [2.45, 2.75) is 56.7 Å². The summed E-state index contributed by atoms with van der Waals surface area (Å²) in [5, 5.41) is 13.0. The van der Waals surface area contributed by atoms with E-state index in [2.05, 4.69) is 38.1 Å². The Hall–Kier alpha value is -3.35. The number of likely N-dealkylation sites (N-methyl/N-ethyl adjacent to an activating group) is 1. The number of piperazine rings is 1. The first-order chi connectivity index (χ1) is 22.2. The summed E-state index contributed by atoms with van der Waals surface area (Å²) in [6.45, 7) is 7.03. The van der Waals surface area contributed by atoms with Gasteiger partial charge in [-0.3, -0.25) is 9.69 Å². The van der Waals surface area contributed by atoms with Crippen LogP contribution in [0.5, 0.6) is 5.75 Å². The molecule has 248 valence electrons. The van der Waals surface area contributed by atoms with Gasteiger partial charge in [-0.1, -0.05) is 24.3 Å². The normalized spacial score (nSPS) is 21.3. The Morgan fingerprint density at radius 3 is 2.30 bits per heavy atom. The molecule has 0 aliphatic carbocycles. The van der Waals surface area contributed by atoms with Crippen molar-refractivity contribution in [3.8, 4) is 5.75 Å². The summed E-state index contributed by atoms with van der Waals surface area (Å²) in [5.74, 6) is -0.0653. The highest BCUT2D eigenvalue weighted by molar-refractivity contribution is 9.10. The fourth-order valence-corrected chi connectivity index (χ4v) is 7.63. The highest BCUT2D eigenvalue weighted by Crippen LogP contribution is 2.28. The molecule has 2 aromatic carbocycles. The zero-order valence-electron chi connectivity index (χ0n) is 26.6. The zero-order valence-corrected chi connectivity index (χ0v) is 28.2. The quantitative estimate of drug-likeness (QED) is 0.470. The molecule has 11 nitrogen and oxygen atoms in total. The topological polar surface area (TPSA) is 109 Å². The van der Waals surface area contributed by atoms with E-state index in [1.165, 1.54) is 0 Å². The van der Waals surface area contributed by atoms with E-state index >= 15 is 0 Å². The van der Waals surface area contributed by atoms with E-state index in [0.717, 1.165) is 62.3 Å². The minimum atomic E-state index is -0.975. The highest BCUT2D eigenvalue weighted by atomic mass is 79.9. The van der Waals surface area contributed by atoms with Gasteiger partial charge in [-0.25, -0.2) is 9.59 Å². The number of likely N-dealkylation sites (tertiary alicyclic amines) is 2. The lowest BCUT2D eigenvalue weighted by atomic mass is 10.0. The maximum atomic E-state index is 13.9. The molecule has 4 aliphatic rings. The number of anilines is 1. The summed E-state index contributed by atoms with van der Waals surface area (Å²) in [4.78, 5) is 50.8. The van der Waals surface area contributed by atoms with Crippen molar-refractivity contribution in [2.24, 2.45) is 0 Å². The number of carbonyl (C=O) groups is 3. The molecule has 4 heterocycles. The summed E-state index contributed by atoms with van der Waals surface area (Å²) < 4.78 is 6.53. The van der Waals surface area contributed by atoms with Gasteiger partial charge in [0.15, 0.2) is 6.10 Å². The van der Waals surface area contributed by atoms with Crippen molar-refractivity contribution in [1.82, 2.24) is 24.5 Å². The molecule has 0 aromatic heterocycles. The first-order valence-electron chi connectivity index (χ1n) is 16.5. The van der Waals surface area contributed by atoms with Gasteiger partial charge in [0.05, 0.1) is 4.47 Å². The number of urea groups is 1. The van der Waals surface area contributed by atoms with Crippen molar-refractivity contribution >= 4 is 39.6 Å². The van der Waals surface area contributed by atoms with Crippen LogP contribution < -0.4 is 5.32 Å². The number of hydrogen-bond donors (Lipinski definition) is 2. The number of nitrogens with zero attached hydrogens (tertiary/aromatic N) is 5. The molecule has 4 aliphatic heterocycles. The van der Waals surface area contributed by atoms with E-state index in [9.17, 15) is 19.5 Å². The number of benzene rings is 2. The van der Waals surface area contributed by atoms with Crippen LogP contribution in [0, 0.1) is 0 Å². The van der Waals surface area contributed by atoms with Crippen LogP contribution in [0.4, 0.5) is 15.3 Å². The number of para-hydroxylation sites is 1. The summed E-state index contributed by atoms with van der Waals surface area (Å²) >= 11 is 3.37. The molecule has 2 N–H and O–H groups in total. The lowest BCUT2D eigenvalue weighted by Crippen LogP contribution is -2.54. The van der Waals surface area contributed by atoms with Gasteiger partial charge in [-0.05, 0) is 84.4 Å². The van der Waals surface area contributed by atoms with E-state index in [4.69, 9.17) is 4.74 Å². The highest BCUT2D eigenvalue weighted by Gasteiger charge is 2.36. The second-order valence-corrected chi connectivity index (χ2v) is 13.9. The predicted molar refractivity (Wildman–Crippen MR) is 179 cm³/mol. The first kappa shape index (κ1) is 32.6.